The van der Waals surface area contributed by atoms with Gasteiger partial charge in [-0.1, -0.05) is 12.1 Å². The van der Waals surface area contributed by atoms with Crippen molar-refractivity contribution in [2.24, 2.45) is 0 Å². The zero-order valence-electron chi connectivity index (χ0n) is 12.5. The Morgan fingerprint density at radius 2 is 2.23 bits per heavy atom. The maximum Gasteiger partial charge on any atom is 0.330 e. The third-order valence-electron chi connectivity index (χ3n) is 3.75. The minimum atomic E-state index is -1.18. The maximum atomic E-state index is 13.3. The highest BCUT2D eigenvalue weighted by Gasteiger charge is 2.25. The first-order valence-electron chi connectivity index (χ1n) is 7.37. The number of aryl methyl sites for hydroxylation is 1. The Labute approximate surface area is 128 Å². The van der Waals surface area contributed by atoms with Gasteiger partial charge in [-0.15, -0.1) is 0 Å². The first kappa shape index (κ1) is 16.4. The number of amides is 1. The molecule has 1 aliphatic rings. The van der Waals surface area contributed by atoms with Gasteiger partial charge in [-0.2, -0.15) is 0 Å². The quantitative estimate of drug-likeness (QED) is 0.875. The first-order chi connectivity index (χ1) is 10.5. The SMILES string of the molecule is Cc1cc(C(NC(=O)CC2CCCCO2)C(=O)O)ccc1F. The van der Waals surface area contributed by atoms with Gasteiger partial charge in [0, 0.05) is 6.61 Å². The second-order valence-electron chi connectivity index (χ2n) is 5.54. The minimum absolute atomic E-state index is 0.143. The molecule has 1 amide bonds. The van der Waals surface area contributed by atoms with Gasteiger partial charge in [0.2, 0.25) is 5.91 Å². The average Bonchev–Trinajstić information content (AvgIpc) is 2.48. The molecular formula is C16H20FNO4. The summed E-state index contributed by atoms with van der Waals surface area (Å²) in [6, 6.07) is 2.83. The molecule has 2 rings (SSSR count). The van der Waals surface area contributed by atoms with Gasteiger partial charge in [0.25, 0.3) is 0 Å². The van der Waals surface area contributed by atoms with Gasteiger partial charge in [-0.3, -0.25) is 4.79 Å². The van der Waals surface area contributed by atoms with Crippen LogP contribution in [0.5, 0.6) is 0 Å². The fourth-order valence-electron chi connectivity index (χ4n) is 2.53. The monoisotopic (exact) mass is 309 g/mol. The molecule has 1 aromatic carbocycles. The van der Waals surface area contributed by atoms with Crippen LogP contribution in [0.2, 0.25) is 0 Å². The van der Waals surface area contributed by atoms with Crippen LogP contribution in [0, 0.1) is 12.7 Å². The van der Waals surface area contributed by atoms with Crippen molar-refractivity contribution in [3.8, 4) is 0 Å². The second-order valence-corrected chi connectivity index (χ2v) is 5.54. The summed E-state index contributed by atoms with van der Waals surface area (Å²) in [5.74, 6) is -1.96. The Kier molecular flexibility index (Phi) is 5.49. The van der Waals surface area contributed by atoms with Gasteiger partial charge in [-0.25, -0.2) is 9.18 Å². The summed E-state index contributed by atoms with van der Waals surface area (Å²) in [7, 11) is 0. The summed E-state index contributed by atoms with van der Waals surface area (Å²) >= 11 is 0. The molecule has 1 saturated heterocycles. The van der Waals surface area contributed by atoms with Crippen LogP contribution < -0.4 is 5.32 Å². The summed E-state index contributed by atoms with van der Waals surface area (Å²) < 4.78 is 18.8. The number of carboxylic acid groups (broad SMARTS) is 1. The predicted octanol–water partition coefficient (Wildman–Crippen LogP) is 2.34. The Bertz CT molecular complexity index is 555. The van der Waals surface area contributed by atoms with Crippen molar-refractivity contribution >= 4 is 11.9 Å². The number of hydrogen-bond acceptors (Lipinski definition) is 3. The van der Waals surface area contributed by atoms with E-state index in [-0.39, 0.29) is 18.4 Å². The average molecular weight is 309 g/mol. The molecule has 120 valence electrons. The predicted molar refractivity (Wildman–Crippen MR) is 77.9 cm³/mol. The smallest absolute Gasteiger partial charge is 0.330 e. The van der Waals surface area contributed by atoms with Crippen LogP contribution in [0.25, 0.3) is 0 Å². The highest BCUT2D eigenvalue weighted by atomic mass is 19.1. The molecule has 0 bridgehead atoms. The topological polar surface area (TPSA) is 75.6 Å². The minimum Gasteiger partial charge on any atom is -0.479 e. The summed E-state index contributed by atoms with van der Waals surface area (Å²) in [6.45, 7) is 2.19. The molecule has 1 aromatic rings. The summed E-state index contributed by atoms with van der Waals surface area (Å²) in [5.41, 5.74) is 0.693. The maximum absolute atomic E-state index is 13.3. The van der Waals surface area contributed by atoms with E-state index >= 15 is 0 Å². The van der Waals surface area contributed by atoms with Gasteiger partial charge in [0.05, 0.1) is 12.5 Å². The number of carbonyl (C=O) groups is 2. The lowest BCUT2D eigenvalue weighted by molar-refractivity contribution is -0.142. The molecular weight excluding hydrogens is 289 g/mol. The molecule has 2 atom stereocenters. The first-order valence-corrected chi connectivity index (χ1v) is 7.37. The van der Waals surface area contributed by atoms with Crippen molar-refractivity contribution in [2.75, 3.05) is 6.61 Å². The van der Waals surface area contributed by atoms with Crippen molar-refractivity contribution in [2.45, 2.75) is 44.8 Å². The molecule has 0 aliphatic carbocycles. The standard InChI is InChI=1S/C16H20FNO4/c1-10-8-11(5-6-13(10)17)15(16(20)21)18-14(19)9-12-4-2-3-7-22-12/h5-6,8,12,15H,2-4,7,9H2,1H3,(H,18,19)(H,20,21). The molecule has 22 heavy (non-hydrogen) atoms. The molecule has 2 N–H and O–H groups in total. The van der Waals surface area contributed by atoms with Gasteiger partial charge in [0.1, 0.15) is 5.82 Å². The third-order valence-corrected chi connectivity index (χ3v) is 3.75. The van der Waals surface area contributed by atoms with Crippen LogP contribution in [-0.2, 0) is 14.3 Å². The number of benzene rings is 1. The van der Waals surface area contributed by atoms with E-state index in [0.29, 0.717) is 17.7 Å². The van der Waals surface area contributed by atoms with E-state index in [0.717, 1.165) is 19.3 Å². The Morgan fingerprint density at radius 3 is 2.82 bits per heavy atom. The lowest BCUT2D eigenvalue weighted by Crippen LogP contribution is -2.36. The fraction of sp³-hybridized carbons (Fsp3) is 0.500. The summed E-state index contributed by atoms with van der Waals surface area (Å²) in [5, 5.41) is 11.8. The molecule has 0 radical (unpaired) electrons. The lowest BCUT2D eigenvalue weighted by atomic mass is 10.0. The van der Waals surface area contributed by atoms with Crippen LogP contribution in [0.1, 0.15) is 42.9 Å². The van der Waals surface area contributed by atoms with E-state index < -0.39 is 17.8 Å². The van der Waals surface area contributed by atoms with E-state index in [2.05, 4.69) is 5.32 Å². The Morgan fingerprint density at radius 1 is 1.45 bits per heavy atom. The molecule has 0 aromatic heterocycles. The highest BCUT2D eigenvalue weighted by Crippen LogP contribution is 2.19. The van der Waals surface area contributed by atoms with Crippen molar-refractivity contribution < 1.29 is 23.8 Å². The van der Waals surface area contributed by atoms with Crippen LogP contribution in [0.3, 0.4) is 0 Å². The fourth-order valence-corrected chi connectivity index (χ4v) is 2.53. The summed E-state index contributed by atoms with van der Waals surface area (Å²) in [4.78, 5) is 23.4. The highest BCUT2D eigenvalue weighted by molar-refractivity contribution is 5.84. The van der Waals surface area contributed by atoms with Gasteiger partial charge in [0.15, 0.2) is 6.04 Å². The normalized spacial score (nSPS) is 19.5. The number of halogens is 1. The van der Waals surface area contributed by atoms with Crippen molar-refractivity contribution in [3.63, 3.8) is 0 Å². The van der Waals surface area contributed by atoms with E-state index in [4.69, 9.17) is 4.74 Å². The van der Waals surface area contributed by atoms with Crippen LogP contribution in [0.4, 0.5) is 4.39 Å². The largest absolute Gasteiger partial charge is 0.479 e. The van der Waals surface area contributed by atoms with E-state index in [9.17, 15) is 19.1 Å². The molecule has 2 unspecified atom stereocenters. The van der Waals surface area contributed by atoms with Crippen molar-refractivity contribution in [3.05, 3.63) is 35.1 Å². The molecule has 5 nitrogen and oxygen atoms in total. The molecule has 1 fully saturated rings. The van der Waals surface area contributed by atoms with Gasteiger partial charge in [-0.05, 0) is 43.4 Å². The number of carbonyl (C=O) groups excluding carboxylic acids is 1. The van der Waals surface area contributed by atoms with E-state index in [1.165, 1.54) is 18.2 Å². The van der Waals surface area contributed by atoms with E-state index in [1.807, 2.05) is 0 Å². The third kappa shape index (κ3) is 4.27. The molecule has 1 aliphatic heterocycles. The van der Waals surface area contributed by atoms with Crippen molar-refractivity contribution in [1.29, 1.82) is 0 Å². The van der Waals surface area contributed by atoms with Crippen LogP contribution in [0.15, 0.2) is 18.2 Å². The zero-order valence-corrected chi connectivity index (χ0v) is 12.5. The number of nitrogens with one attached hydrogen (secondary N) is 1. The summed E-state index contributed by atoms with van der Waals surface area (Å²) in [6.07, 6.45) is 2.80. The molecule has 1 heterocycles. The molecule has 0 spiro atoms. The number of aliphatic carboxylic acids is 1. The van der Waals surface area contributed by atoms with Crippen LogP contribution >= 0.6 is 0 Å². The number of rotatable bonds is 5. The Hall–Kier alpha value is -1.95. The lowest BCUT2D eigenvalue weighted by Gasteiger charge is -2.23. The van der Waals surface area contributed by atoms with Gasteiger partial charge >= 0.3 is 5.97 Å². The van der Waals surface area contributed by atoms with Crippen LogP contribution in [-0.4, -0.2) is 29.7 Å². The number of hydrogen-bond donors (Lipinski definition) is 2. The number of ether oxygens (including phenoxy) is 1. The second kappa shape index (κ2) is 7.35. The molecule has 6 heteroatoms. The molecule has 0 saturated carbocycles. The Balaban J connectivity index is 2.03. The van der Waals surface area contributed by atoms with Crippen molar-refractivity contribution in [1.82, 2.24) is 5.32 Å². The van der Waals surface area contributed by atoms with E-state index in [1.54, 1.807) is 6.92 Å². The van der Waals surface area contributed by atoms with Gasteiger partial charge < -0.3 is 15.2 Å². The zero-order chi connectivity index (χ0) is 16.1. The number of carboxylic acids is 1.